The highest BCUT2D eigenvalue weighted by atomic mass is 16.5. The van der Waals surface area contributed by atoms with Crippen LogP contribution in [-0.4, -0.2) is 37.6 Å². The van der Waals surface area contributed by atoms with Gasteiger partial charge in [-0.2, -0.15) is 0 Å². The lowest BCUT2D eigenvalue weighted by Crippen LogP contribution is -2.34. The van der Waals surface area contributed by atoms with Gasteiger partial charge in [-0.25, -0.2) is 0 Å². The molecule has 0 N–H and O–H groups in total. The summed E-state index contributed by atoms with van der Waals surface area (Å²) in [5.41, 5.74) is 0.264. The zero-order chi connectivity index (χ0) is 14.6. The van der Waals surface area contributed by atoms with Crippen molar-refractivity contribution in [2.24, 2.45) is 5.41 Å². The third-order valence-electron chi connectivity index (χ3n) is 4.18. The molecule has 0 unspecified atom stereocenters. The van der Waals surface area contributed by atoms with Gasteiger partial charge in [0.05, 0.1) is 7.11 Å². The molecule has 0 bridgehead atoms. The molecule has 2 rings (SSSR count). The van der Waals surface area contributed by atoms with Crippen LogP contribution in [0.2, 0.25) is 0 Å². The second kappa shape index (κ2) is 6.16. The Balaban J connectivity index is 1.90. The minimum atomic E-state index is 0.0491. The summed E-state index contributed by atoms with van der Waals surface area (Å²) in [5, 5.41) is 0. The normalized spacial score (nSPS) is 21.9. The number of carbonyl (C=O) groups excluding carboxylic acids is 1. The molecule has 1 aromatic rings. The van der Waals surface area contributed by atoms with Crippen molar-refractivity contribution in [2.75, 3.05) is 26.8 Å². The zero-order valence-electron chi connectivity index (χ0n) is 12.5. The standard InChI is InChI=1S/C16H23NO3/c1-4-16(2)9-10-17(12-16)15(18)11-20-14-8-6-5-7-13(14)19-3/h5-8H,4,9-12H2,1-3H3/t16-/m1/s1. The summed E-state index contributed by atoms with van der Waals surface area (Å²) in [7, 11) is 1.59. The Morgan fingerprint density at radius 3 is 2.65 bits per heavy atom. The number of ether oxygens (including phenoxy) is 2. The molecule has 1 saturated heterocycles. The molecule has 0 aromatic heterocycles. The summed E-state index contributed by atoms with van der Waals surface area (Å²) in [4.78, 5) is 14.1. The Kier molecular flexibility index (Phi) is 4.53. The Morgan fingerprint density at radius 2 is 2.05 bits per heavy atom. The Hall–Kier alpha value is -1.71. The average Bonchev–Trinajstić information content (AvgIpc) is 2.88. The fourth-order valence-corrected chi connectivity index (χ4v) is 2.49. The van der Waals surface area contributed by atoms with E-state index in [9.17, 15) is 4.79 Å². The Morgan fingerprint density at radius 1 is 1.35 bits per heavy atom. The van der Waals surface area contributed by atoms with Crippen molar-refractivity contribution in [3.63, 3.8) is 0 Å². The summed E-state index contributed by atoms with van der Waals surface area (Å²) in [5.74, 6) is 1.31. The fraction of sp³-hybridized carbons (Fsp3) is 0.562. The monoisotopic (exact) mass is 277 g/mol. The van der Waals surface area contributed by atoms with Crippen molar-refractivity contribution in [1.29, 1.82) is 0 Å². The predicted molar refractivity (Wildman–Crippen MR) is 78.1 cm³/mol. The first kappa shape index (κ1) is 14.7. The molecule has 1 fully saturated rings. The lowest BCUT2D eigenvalue weighted by Gasteiger charge is -2.22. The van der Waals surface area contributed by atoms with E-state index in [-0.39, 0.29) is 17.9 Å². The van der Waals surface area contributed by atoms with Crippen molar-refractivity contribution < 1.29 is 14.3 Å². The molecular formula is C16H23NO3. The summed E-state index contributed by atoms with van der Waals surface area (Å²) in [6.45, 7) is 6.15. The molecular weight excluding hydrogens is 254 g/mol. The number of carbonyl (C=O) groups is 1. The maximum atomic E-state index is 12.2. The number of rotatable bonds is 5. The van der Waals surface area contributed by atoms with Gasteiger partial charge in [0, 0.05) is 13.1 Å². The molecule has 4 nitrogen and oxygen atoms in total. The van der Waals surface area contributed by atoms with Crippen molar-refractivity contribution in [2.45, 2.75) is 26.7 Å². The molecule has 0 spiro atoms. The number of methoxy groups -OCH3 is 1. The van der Waals surface area contributed by atoms with E-state index >= 15 is 0 Å². The molecule has 1 atom stereocenters. The predicted octanol–water partition coefficient (Wildman–Crippen LogP) is 2.72. The molecule has 110 valence electrons. The minimum Gasteiger partial charge on any atom is -0.493 e. The van der Waals surface area contributed by atoms with Crippen LogP contribution in [0, 0.1) is 5.41 Å². The van der Waals surface area contributed by atoms with E-state index in [1.165, 1.54) is 0 Å². The van der Waals surface area contributed by atoms with Crippen molar-refractivity contribution >= 4 is 5.91 Å². The first-order valence-corrected chi connectivity index (χ1v) is 7.11. The Bertz CT molecular complexity index is 475. The number of para-hydroxylation sites is 2. The first-order valence-electron chi connectivity index (χ1n) is 7.11. The van der Waals surface area contributed by atoms with Crippen LogP contribution in [0.1, 0.15) is 26.7 Å². The van der Waals surface area contributed by atoms with Gasteiger partial charge in [-0.1, -0.05) is 26.0 Å². The molecule has 1 aromatic carbocycles. The average molecular weight is 277 g/mol. The number of amides is 1. The molecule has 1 heterocycles. The smallest absolute Gasteiger partial charge is 0.260 e. The van der Waals surface area contributed by atoms with Crippen LogP contribution in [0.3, 0.4) is 0 Å². The van der Waals surface area contributed by atoms with Gasteiger partial charge in [0.25, 0.3) is 5.91 Å². The highest BCUT2D eigenvalue weighted by Crippen LogP contribution is 2.33. The van der Waals surface area contributed by atoms with Crippen molar-refractivity contribution in [1.82, 2.24) is 4.90 Å². The van der Waals surface area contributed by atoms with Gasteiger partial charge in [0.2, 0.25) is 0 Å². The SMILES string of the molecule is CC[C@]1(C)CCN(C(=O)COc2ccccc2OC)C1. The van der Waals surface area contributed by atoms with E-state index in [4.69, 9.17) is 9.47 Å². The van der Waals surface area contributed by atoms with Crippen LogP contribution in [0.25, 0.3) is 0 Å². The quantitative estimate of drug-likeness (QED) is 0.830. The minimum absolute atomic E-state index is 0.0491. The third-order valence-corrected chi connectivity index (χ3v) is 4.18. The summed E-state index contributed by atoms with van der Waals surface area (Å²) in [6.07, 6.45) is 2.17. The van der Waals surface area contributed by atoms with E-state index in [1.807, 2.05) is 29.2 Å². The zero-order valence-corrected chi connectivity index (χ0v) is 12.5. The van der Waals surface area contributed by atoms with Crippen molar-refractivity contribution in [3.05, 3.63) is 24.3 Å². The van der Waals surface area contributed by atoms with Crippen LogP contribution >= 0.6 is 0 Å². The van der Waals surface area contributed by atoms with Gasteiger partial charge >= 0.3 is 0 Å². The summed E-state index contributed by atoms with van der Waals surface area (Å²) < 4.78 is 10.8. The van der Waals surface area contributed by atoms with Crippen LogP contribution in [-0.2, 0) is 4.79 Å². The largest absolute Gasteiger partial charge is 0.493 e. The number of hydrogen-bond donors (Lipinski definition) is 0. The number of likely N-dealkylation sites (tertiary alicyclic amines) is 1. The Labute approximate surface area is 120 Å². The van der Waals surface area contributed by atoms with E-state index < -0.39 is 0 Å². The number of hydrogen-bond acceptors (Lipinski definition) is 3. The van der Waals surface area contributed by atoms with E-state index in [2.05, 4.69) is 13.8 Å². The van der Waals surface area contributed by atoms with E-state index in [0.717, 1.165) is 25.9 Å². The molecule has 0 saturated carbocycles. The summed E-state index contributed by atoms with van der Waals surface area (Å²) >= 11 is 0. The van der Waals surface area contributed by atoms with Gasteiger partial charge in [-0.3, -0.25) is 4.79 Å². The molecule has 0 radical (unpaired) electrons. The lowest BCUT2D eigenvalue weighted by atomic mass is 9.87. The first-order chi connectivity index (χ1) is 9.58. The van der Waals surface area contributed by atoms with Crippen LogP contribution in [0.4, 0.5) is 0 Å². The topological polar surface area (TPSA) is 38.8 Å². The molecule has 1 aliphatic heterocycles. The second-order valence-corrected chi connectivity index (χ2v) is 5.67. The second-order valence-electron chi connectivity index (χ2n) is 5.67. The summed E-state index contributed by atoms with van der Waals surface area (Å²) in [6, 6.07) is 7.38. The lowest BCUT2D eigenvalue weighted by molar-refractivity contribution is -0.132. The van der Waals surface area contributed by atoms with Crippen molar-refractivity contribution in [3.8, 4) is 11.5 Å². The van der Waals surface area contributed by atoms with Crippen LogP contribution in [0.15, 0.2) is 24.3 Å². The van der Waals surface area contributed by atoms with Gasteiger partial charge in [-0.15, -0.1) is 0 Å². The van der Waals surface area contributed by atoms with Crippen LogP contribution < -0.4 is 9.47 Å². The van der Waals surface area contributed by atoms with Gasteiger partial charge in [0.15, 0.2) is 18.1 Å². The molecule has 1 aliphatic rings. The fourth-order valence-electron chi connectivity index (χ4n) is 2.49. The van der Waals surface area contributed by atoms with Gasteiger partial charge < -0.3 is 14.4 Å². The maximum Gasteiger partial charge on any atom is 0.260 e. The van der Waals surface area contributed by atoms with E-state index in [0.29, 0.717) is 11.5 Å². The molecule has 0 aliphatic carbocycles. The number of benzene rings is 1. The van der Waals surface area contributed by atoms with Crippen LogP contribution in [0.5, 0.6) is 11.5 Å². The molecule has 1 amide bonds. The molecule has 20 heavy (non-hydrogen) atoms. The van der Waals surface area contributed by atoms with Gasteiger partial charge in [-0.05, 0) is 30.4 Å². The number of nitrogens with zero attached hydrogens (tertiary/aromatic N) is 1. The third kappa shape index (κ3) is 3.24. The maximum absolute atomic E-state index is 12.2. The highest BCUT2D eigenvalue weighted by molar-refractivity contribution is 5.78. The highest BCUT2D eigenvalue weighted by Gasteiger charge is 2.34. The van der Waals surface area contributed by atoms with Gasteiger partial charge in [0.1, 0.15) is 0 Å². The molecule has 4 heteroatoms. The van der Waals surface area contributed by atoms with E-state index in [1.54, 1.807) is 7.11 Å².